The van der Waals surface area contributed by atoms with Gasteiger partial charge in [-0.25, -0.2) is 0 Å². The van der Waals surface area contributed by atoms with Crippen LogP contribution in [0.15, 0.2) is 57.9 Å². The Morgan fingerprint density at radius 2 is 2.00 bits per heavy atom. The zero-order chi connectivity index (χ0) is 24.4. The molecule has 0 saturated carbocycles. The molecule has 0 saturated heterocycles. The lowest BCUT2D eigenvalue weighted by Crippen LogP contribution is -2.35. The molecule has 10 nitrogen and oxygen atoms in total. The molecule has 178 valence electrons. The summed E-state index contributed by atoms with van der Waals surface area (Å²) in [5, 5.41) is 24.3. The predicted octanol–water partition coefficient (Wildman–Crippen LogP) is 4.05. The molecule has 35 heavy (non-hydrogen) atoms. The maximum Gasteiger partial charge on any atom is 0.306 e. The average Bonchev–Trinajstić information content (AvgIpc) is 3.59. The highest BCUT2D eigenvalue weighted by Gasteiger charge is 2.35. The van der Waals surface area contributed by atoms with Crippen molar-refractivity contribution in [1.29, 1.82) is 0 Å². The zero-order valence-corrected chi connectivity index (χ0v) is 19.1. The summed E-state index contributed by atoms with van der Waals surface area (Å²) in [6, 6.07) is 14.5. The van der Waals surface area contributed by atoms with Gasteiger partial charge in [0.25, 0.3) is 5.91 Å². The molecule has 0 radical (unpaired) electrons. The van der Waals surface area contributed by atoms with Crippen LogP contribution in [0.25, 0.3) is 33.7 Å². The lowest BCUT2D eigenvalue weighted by molar-refractivity contribution is -0.140. The first-order valence-corrected chi connectivity index (χ1v) is 11.5. The second-order valence-electron chi connectivity index (χ2n) is 8.45. The van der Waals surface area contributed by atoms with E-state index in [1.54, 1.807) is 4.90 Å². The first-order chi connectivity index (χ1) is 17.0. The van der Waals surface area contributed by atoms with E-state index >= 15 is 0 Å². The third-order valence-electron chi connectivity index (χ3n) is 5.99. The smallest absolute Gasteiger partial charge is 0.306 e. The molecule has 2 aromatic carbocycles. The molecule has 3 heterocycles. The topological polar surface area (TPSA) is 138 Å². The lowest BCUT2D eigenvalue weighted by Gasteiger charge is -2.19. The van der Waals surface area contributed by atoms with Crippen molar-refractivity contribution in [3.8, 4) is 22.7 Å². The van der Waals surface area contributed by atoms with Crippen molar-refractivity contribution < 1.29 is 19.1 Å². The summed E-state index contributed by atoms with van der Waals surface area (Å²) in [5.74, 6) is 0.508. The number of rotatable bonds is 9. The van der Waals surface area contributed by atoms with E-state index in [9.17, 15) is 9.59 Å². The zero-order valence-electron chi connectivity index (χ0n) is 19.1. The van der Waals surface area contributed by atoms with Crippen LogP contribution in [0.1, 0.15) is 38.2 Å². The van der Waals surface area contributed by atoms with E-state index in [2.05, 4.69) is 32.5 Å². The molecule has 4 aromatic rings. The number of amidine groups is 1. The number of benzene rings is 2. The number of aliphatic carboxylic acids is 1. The summed E-state index contributed by atoms with van der Waals surface area (Å²) in [7, 11) is 0. The van der Waals surface area contributed by atoms with Crippen molar-refractivity contribution >= 4 is 28.7 Å². The number of carboxylic acid groups (broad SMARTS) is 1. The molecule has 1 aliphatic heterocycles. The summed E-state index contributed by atoms with van der Waals surface area (Å²) in [5.41, 5.74) is 3.25. The fourth-order valence-corrected chi connectivity index (χ4v) is 4.29. The Hall–Kier alpha value is -4.34. The van der Waals surface area contributed by atoms with Crippen LogP contribution in [-0.2, 0) is 16.1 Å². The summed E-state index contributed by atoms with van der Waals surface area (Å²) in [6.07, 6.45) is 2.18. The van der Waals surface area contributed by atoms with Crippen molar-refractivity contribution in [2.24, 2.45) is 4.99 Å². The van der Waals surface area contributed by atoms with Gasteiger partial charge in [0, 0.05) is 22.9 Å². The van der Waals surface area contributed by atoms with Crippen molar-refractivity contribution in [2.45, 2.75) is 45.2 Å². The maximum atomic E-state index is 12.9. The molecule has 1 amide bonds. The summed E-state index contributed by atoms with van der Waals surface area (Å²) in [6.45, 7) is 2.39. The summed E-state index contributed by atoms with van der Waals surface area (Å²) in [4.78, 5) is 30.2. The number of carbonyl (C=O) groups excluding carboxylic acids is 1. The number of fused-ring (bicyclic) bond motifs is 1. The van der Waals surface area contributed by atoms with Gasteiger partial charge in [-0.15, -0.1) is 10.2 Å². The third kappa shape index (κ3) is 4.54. The standard InChI is InChI=1S/C25H24N6O4/c1-2-3-8-22-26-19(13-23(32)33)25(34)31(22)14-15-9-10-20-16(11-15)12-21(35-20)17-6-4-5-7-18(17)24-27-29-30-28-24/h4-7,9-12,19H,2-3,8,13-14H2,1H3,(H,32,33)(H,27,28,29,30). The van der Waals surface area contributed by atoms with Gasteiger partial charge in [0.1, 0.15) is 23.2 Å². The van der Waals surface area contributed by atoms with Gasteiger partial charge >= 0.3 is 5.97 Å². The number of nitrogens with zero attached hydrogens (tertiary/aromatic N) is 5. The fourth-order valence-electron chi connectivity index (χ4n) is 4.29. The Kier molecular flexibility index (Phi) is 6.09. The van der Waals surface area contributed by atoms with Crippen LogP contribution in [-0.4, -0.2) is 54.4 Å². The molecule has 0 spiro atoms. The number of nitrogens with one attached hydrogen (secondary N) is 1. The Labute approximate surface area is 200 Å². The Bertz CT molecular complexity index is 1410. The van der Waals surface area contributed by atoms with Crippen molar-refractivity contribution in [3.05, 3.63) is 54.1 Å². The number of aliphatic imine (C=N–C) groups is 1. The van der Waals surface area contributed by atoms with E-state index in [0.29, 0.717) is 36.0 Å². The summed E-state index contributed by atoms with van der Waals surface area (Å²) < 4.78 is 6.12. The molecule has 2 aromatic heterocycles. The minimum Gasteiger partial charge on any atom is -0.481 e. The highest BCUT2D eigenvalue weighted by atomic mass is 16.4. The van der Waals surface area contributed by atoms with Crippen LogP contribution in [0.3, 0.4) is 0 Å². The van der Waals surface area contributed by atoms with E-state index in [1.165, 1.54) is 0 Å². The van der Waals surface area contributed by atoms with E-state index < -0.39 is 12.0 Å². The number of carboxylic acids is 1. The van der Waals surface area contributed by atoms with Gasteiger partial charge in [-0.3, -0.25) is 19.5 Å². The molecule has 1 aliphatic rings. The minimum absolute atomic E-state index is 0.263. The molecule has 10 heteroatoms. The van der Waals surface area contributed by atoms with E-state index in [1.807, 2.05) is 48.5 Å². The van der Waals surface area contributed by atoms with Crippen LogP contribution in [0.5, 0.6) is 0 Å². The van der Waals surface area contributed by atoms with Crippen LogP contribution in [0.4, 0.5) is 0 Å². The second-order valence-corrected chi connectivity index (χ2v) is 8.45. The summed E-state index contributed by atoms with van der Waals surface area (Å²) >= 11 is 0. The van der Waals surface area contributed by atoms with E-state index in [4.69, 9.17) is 9.52 Å². The van der Waals surface area contributed by atoms with Crippen LogP contribution >= 0.6 is 0 Å². The molecule has 0 bridgehead atoms. The minimum atomic E-state index is -1.03. The lowest BCUT2D eigenvalue weighted by atomic mass is 10.0. The fraction of sp³-hybridized carbons (Fsp3) is 0.280. The Morgan fingerprint density at radius 3 is 2.74 bits per heavy atom. The van der Waals surface area contributed by atoms with Crippen LogP contribution < -0.4 is 0 Å². The van der Waals surface area contributed by atoms with Gasteiger partial charge in [0.2, 0.25) is 5.82 Å². The number of tetrazole rings is 1. The monoisotopic (exact) mass is 472 g/mol. The first-order valence-electron chi connectivity index (χ1n) is 11.5. The molecule has 0 fully saturated rings. The van der Waals surface area contributed by atoms with Gasteiger partial charge in [-0.1, -0.05) is 43.7 Å². The number of amides is 1. The van der Waals surface area contributed by atoms with E-state index in [-0.39, 0.29) is 12.3 Å². The van der Waals surface area contributed by atoms with Gasteiger partial charge in [0.15, 0.2) is 0 Å². The van der Waals surface area contributed by atoms with E-state index in [0.717, 1.165) is 34.9 Å². The van der Waals surface area contributed by atoms with Crippen molar-refractivity contribution in [3.63, 3.8) is 0 Å². The number of unbranched alkanes of at least 4 members (excludes halogenated alkanes) is 1. The van der Waals surface area contributed by atoms with Gasteiger partial charge in [-0.05, 0) is 35.4 Å². The molecule has 5 rings (SSSR count). The molecule has 0 aliphatic carbocycles. The third-order valence-corrected chi connectivity index (χ3v) is 5.99. The maximum absolute atomic E-state index is 12.9. The SMILES string of the molecule is CCCCC1=NC(CC(=O)O)C(=O)N1Cc1ccc2oc(-c3ccccc3-c3nn[nH]n3)cc2c1. The van der Waals surface area contributed by atoms with Crippen molar-refractivity contribution in [2.75, 3.05) is 0 Å². The number of furan rings is 1. The number of H-pyrrole nitrogens is 1. The van der Waals surface area contributed by atoms with Crippen molar-refractivity contribution in [1.82, 2.24) is 25.5 Å². The second kappa shape index (κ2) is 9.49. The Balaban J connectivity index is 1.43. The molecule has 1 unspecified atom stereocenters. The predicted molar refractivity (Wildman–Crippen MR) is 128 cm³/mol. The van der Waals surface area contributed by atoms with Crippen LogP contribution in [0.2, 0.25) is 0 Å². The normalized spacial score (nSPS) is 15.7. The molecular formula is C25H24N6O4. The number of hydrogen-bond acceptors (Lipinski definition) is 7. The number of aromatic amines is 1. The molecular weight excluding hydrogens is 448 g/mol. The number of hydrogen-bond donors (Lipinski definition) is 2. The average molecular weight is 473 g/mol. The van der Waals surface area contributed by atoms with Gasteiger partial charge in [-0.2, -0.15) is 5.21 Å². The largest absolute Gasteiger partial charge is 0.481 e. The van der Waals surface area contributed by atoms with Gasteiger partial charge < -0.3 is 9.52 Å². The highest BCUT2D eigenvalue weighted by molar-refractivity contribution is 6.06. The highest BCUT2D eigenvalue weighted by Crippen LogP contribution is 2.34. The van der Waals surface area contributed by atoms with Gasteiger partial charge in [0.05, 0.1) is 13.0 Å². The molecule has 1 atom stereocenters. The number of aromatic nitrogens is 4. The first kappa shape index (κ1) is 22.5. The molecule has 2 N–H and O–H groups in total. The van der Waals surface area contributed by atoms with Crippen LogP contribution in [0, 0.1) is 0 Å². The quantitative estimate of drug-likeness (QED) is 0.375. The number of carbonyl (C=O) groups is 2. The Morgan fingerprint density at radius 1 is 1.17 bits per heavy atom.